The Hall–Kier alpha value is -5.60. The van der Waals surface area contributed by atoms with Crippen LogP contribution in [0, 0.1) is 0 Å². The molecule has 3 rings (SSSR count). The first kappa shape index (κ1) is 44.8. The van der Waals surface area contributed by atoms with Gasteiger partial charge >= 0.3 is 0 Å². The molecule has 0 unspecified atom stereocenters. The highest BCUT2D eigenvalue weighted by Crippen LogP contribution is 2.30. The van der Waals surface area contributed by atoms with Crippen LogP contribution in [-0.4, -0.2) is 73.5 Å². The largest absolute Gasteiger partial charge is 0.493 e. The number of aliphatic hydroxyl groups excluding tert-OH is 1. The number of hydrogen-bond donors (Lipinski definition) is 4. The number of methoxy groups -OCH3 is 2. The Morgan fingerprint density at radius 1 is 0.607 bits per heavy atom. The number of benzene rings is 3. The van der Waals surface area contributed by atoms with Gasteiger partial charge in [0.15, 0.2) is 34.6 Å². The summed E-state index contributed by atoms with van der Waals surface area (Å²) in [6.07, 6.45) is 10.7. The molecule has 0 saturated carbocycles. The molecule has 0 spiro atoms. The molecule has 4 N–H and O–H groups in total. The lowest BCUT2D eigenvalue weighted by atomic mass is 10.1. The zero-order chi connectivity index (χ0) is 40.4. The molecule has 0 atom stereocenters. The SMILES string of the molecule is COc1cc(C=NCC(=O)CCCCCCC(=O)NO)ccc1OCc1ccc(COc2ccc(/C=N/NC(=O)CCCCCCC(=O)CO)cc2OC)cc1. The average Bonchev–Trinajstić information content (AvgIpc) is 3.22. The van der Waals surface area contributed by atoms with Crippen molar-refractivity contribution in [1.82, 2.24) is 10.9 Å². The topological polar surface area (TPSA) is 194 Å². The number of aliphatic hydroxyl groups is 1. The van der Waals surface area contributed by atoms with Crippen LogP contribution in [0.5, 0.6) is 23.0 Å². The quantitative estimate of drug-likeness (QED) is 0.0292. The molecular weight excluding hydrogens is 720 g/mol. The first-order chi connectivity index (χ1) is 27.2. The number of rotatable bonds is 28. The molecule has 0 saturated heterocycles. The number of hydrazone groups is 1. The second-order valence-electron chi connectivity index (χ2n) is 13.1. The standard InChI is InChI=1S/C42H54N4O10/c1-53-39-23-33(25-43-27-35(48)11-7-3-6-10-14-42(51)46-52)19-21-37(39)55-29-31-15-17-32(18-16-31)30-56-38-22-20-34(24-40(38)54-2)26-44-45-41(50)13-9-5-4-8-12-36(49)28-47/h15-26,47,52H,3-14,27-30H2,1-2H3,(H,45,50)(H,46,51)/b43-25?,44-26+. The van der Waals surface area contributed by atoms with Gasteiger partial charge in [-0.15, -0.1) is 0 Å². The number of aliphatic imine (C=N–C) groups is 1. The van der Waals surface area contributed by atoms with Crippen LogP contribution in [0.15, 0.2) is 70.8 Å². The lowest BCUT2D eigenvalue weighted by Gasteiger charge is -2.13. The van der Waals surface area contributed by atoms with Gasteiger partial charge in [0.1, 0.15) is 19.8 Å². The van der Waals surface area contributed by atoms with E-state index >= 15 is 0 Å². The van der Waals surface area contributed by atoms with Gasteiger partial charge in [-0.2, -0.15) is 5.10 Å². The fraction of sp³-hybridized carbons (Fsp3) is 0.429. The van der Waals surface area contributed by atoms with E-state index in [0.717, 1.165) is 54.4 Å². The minimum Gasteiger partial charge on any atom is -0.493 e. The Balaban J connectivity index is 1.39. The van der Waals surface area contributed by atoms with E-state index in [1.54, 1.807) is 50.2 Å². The van der Waals surface area contributed by atoms with Crippen molar-refractivity contribution in [1.29, 1.82) is 0 Å². The third-order valence-corrected chi connectivity index (χ3v) is 8.62. The van der Waals surface area contributed by atoms with E-state index in [2.05, 4.69) is 15.5 Å². The van der Waals surface area contributed by atoms with Gasteiger partial charge in [0, 0.05) is 31.9 Å². The molecular formula is C42H54N4O10. The van der Waals surface area contributed by atoms with Crippen molar-refractivity contribution in [2.24, 2.45) is 10.1 Å². The zero-order valence-electron chi connectivity index (χ0n) is 32.3. The third kappa shape index (κ3) is 17.7. The molecule has 0 fully saturated rings. The van der Waals surface area contributed by atoms with Crippen LogP contribution in [0.3, 0.4) is 0 Å². The number of nitrogens with one attached hydrogen (secondary N) is 2. The predicted molar refractivity (Wildman–Crippen MR) is 212 cm³/mol. The molecule has 0 radical (unpaired) electrons. The van der Waals surface area contributed by atoms with Crippen LogP contribution in [0.4, 0.5) is 0 Å². The Morgan fingerprint density at radius 2 is 1.09 bits per heavy atom. The Kier molecular flexibility index (Phi) is 21.0. The molecule has 0 aromatic heterocycles. The summed E-state index contributed by atoms with van der Waals surface area (Å²) in [5.74, 6) is 1.51. The summed E-state index contributed by atoms with van der Waals surface area (Å²) >= 11 is 0. The number of amides is 2. The van der Waals surface area contributed by atoms with Crippen LogP contribution in [0.2, 0.25) is 0 Å². The van der Waals surface area contributed by atoms with Crippen molar-refractivity contribution in [2.45, 2.75) is 90.3 Å². The molecule has 0 aliphatic carbocycles. The maximum absolute atomic E-state index is 12.2. The van der Waals surface area contributed by atoms with E-state index in [-0.39, 0.29) is 30.4 Å². The van der Waals surface area contributed by atoms with Crippen LogP contribution < -0.4 is 29.9 Å². The fourth-order valence-corrected chi connectivity index (χ4v) is 5.45. The summed E-state index contributed by atoms with van der Waals surface area (Å²) in [4.78, 5) is 50.7. The van der Waals surface area contributed by atoms with E-state index in [1.807, 2.05) is 36.4 Å². The van der Waals surface area contributed by atoms with E-state index in [1.165, 1.54) is 6.21 Å². The summed E-state index contributed by atoms with van der Waals surface area (Å²) in [6, 6.07) is 18.7. The lowest BCUT2D eigenvalue weighted by Crippen LogP contribution is -2.17. The van der Waals surface area contributed by atoms with Crippen molar-refractivity contribution in [3.63, 3.8) is 0 Å². The summed E-state index contributed by atoms with van der Waals surface area (Å²) in [7, 11) is 3.12. The van der Waals surface area contributed by atoms with Gasteiger partial charge in [-0.1, -0.05) is 49.9 Å². The normalized spacial score (nSPS) is 11.1. The highest BCUT2D eigenvalue weighted by molar-refractivity contribution is 5.86. The fourth-order valence-electron chi connectivity index (χ4n) is 5.45. The molecule has 3 aromatic carbocycles. The summed E-state index contributed by atoms with van der Waals surface area (Å²) in [5.41, 5.74) is 7.56. The number of hydroxylamine groups is 1. The lowest BCUT2D eigenvalue weighted by molar-refractivity contribution is -0.129. The van der Waals surface area contributed by atoms with Gasteiger partial charge in [0.05, 0.1) is 27.0 Å². The van der Waals surface area contributed by atoms with Crippen LogP contribution in [0.1, 0.15) is 99.3 Å². The summed E-state index contributed by atoms with van der Waals surface area (Å²) in [5, 5.41) is 21.3. The smallest absolute Gasteiger partial charge is 0.243 e. The second kappa shape index (κ2) is 26.2. The number of ether oxygens (including phenoxy) is 4. The molecule has 56 heavy (non-hydrogen) atoms. The first-order valence-corrected chi connectivity index (χ1v) is 18.8. The Bertz CT molecular complexity index is 1620. The van der Waals surface area contributed by atoms with Crippen molar-refractivity contribution < 1.29 is 48.4 Å². The van der Waals surface area contributed by atoms with E-state index in [0.29, 0.717) is 74.7 Å². The molecule has 0 aliphatic heterocycles. The van der Waals surface area contributed by atoms with Gasteiger partial charge < -0.3 is 24.1 Å². The van der Waals surface area contributed by atoms with Crippen molar-refractivity contribution >= 4 is 35.8 Å². The molecule has 3 aromatic rings. The number of carbonyl (C=O) groups is 4. The number of hydrogen-bond acceptors (Lipinski definition) is 12. The molecule has 14 heteroatoms. The Labute approximate surface area is 328 Å². The third-order valence-electron chi connectivity index (χ3n) is 8.62. The van der Waals surface area contributed by atoms with Crippen molar-refractivity contribution in [3.8, 4) is 23.0 Å². The van der Waals surface area contributed by atoms with Gasteiger partial charge in [-0.3, -0.25) is 29.4 Å². The monoisotopic (exact) mass is 774 g/mol. The molecule has 2 amide bonds. The molecule has 0 bridgehead atoms. The van der Waals surface area contributed by atoms with Gasteiger partial charge in [0.25, 0.3) is 0 Å². The van der Waals surface area contributed by atoms with E-state index in [4.69, 9.17) is 29.3 Å². The average molecular weight is 775 g/mol. The van der Waals surface area contributed by atoms with Gasteiger partial charge in [-0.05, 0) is 84.3 Å². The number of nitrogens with zero attached hydrogens (tertiary/aromatic N) is 2. The Morgan fingerprint density at radius 3 is 1.59 bits per heavy atom. The number of unbranched alkanes of at least 4 members (excludes halogenated alkanes) is 6. The van der Waals surface area contributed by atoms with Crippen molar-refractivity contribution in [2.75, 3.05) is 27.4 Å². The minimum atomic E-state index is -0.416. The molecule has 302 valence electrons. The molecule has 14 nitrogen and oxygen atoms in total. The summed E-state index contributed by atoms with van der Waals surface area (Å²) in [6.45, 7) is 0.310. The predicted octanol–water partition coefficient (Wildman–Crippen LogP) is 6.05. The van der Waals surface area contributed by atoms with E-state index in [9.17, 15) is 19.2 Å². The van der Waals surface area contributed by atoms with Crippen molar-refractivity contribution in [3.05, 3.63) is 82.9 Å². The maximum atomic E-state index is 12.2. The van der Waals surface area contributed by atoms with Crippen LogP contribution >= 0.6 is 0 Å². The summed E-state index contributed by atoms with van der Waals surface area (Å²) < 4.78 is 23.1. The molecule has 0 heterocycles. The number of ketones is 2. The highest BCUT2D eigenvalue weighted by Gasteiger charge is 2.09. The van der Waals surface area contributed by atoms with Crippen LogP contribution in [0.25, 0.3) is 0 Å². The van der Waals surface area contributed by atoms with Gasteiger partial charge in [-0.25, -0.2) is 10.9 Å². The zero-order valence-corrected chi connectivity index (χ0v) is 32.3. The minimum absolute atomic E-state index is 0.0477. The van der Waals surface area contributed by atoms with E-state index < -0.39 is 12.5 Å². The number of Topliss-reactive ketones (excluding diaryl/α,β-unsaturated/α-hetero) is 2. The second-order valence-corrected chi connectivity index (χ2v) is 13.1. The molecule has 0 aliphatic rings. The van der Waals surface area contributed by atoms with Crippen LogP contribution in [-0.2, 0) is 32.4 Å². The van der Waals surface area contributed by atoms with Gasteiger partial charge in [0.2, 0.25) is 11.8 Å². The first-order valence-electron chi connectivity index (χ1n) is 18.8. The number of carbonyl (C=O) groups excluding carboxylic acids is 4. The maximum Gasteiger partial charge on any atom is 0.243 e. The highest BCUT2D eigenvalue weighted by atomic mass is 16.5.